The predicted molar refractivity (Wildman–Crippen MR) is 153 cm³/mol. The Morgan fingerprint density at radius 3 is 2.51 bits per heavy atom. The largest absolute Gasteiger partial charge is 0.392 e. The Hall–Kier alpha value is -3.24. The number of aromatic nitrogens is 4. The maximum Gasteiger partial charge on any atom is 0.270 e. The lowest BCUT2D eigenvalue weighted by Crippen LogP contribution is -2.58. The molecule has 3 aromatic heterocycles. The molecule has 5 heterocycles. The van der Waals surface area contributed by atoms with Gasteiger partial charge in [0, 0.05) is 56.9 Å². The van der Waals surface area contributed by atoms with E-state index in [1.807, 2.05) is 43.4 Å². The highest BCUT2D eigenvalue weighted by Crippen LogP contribution is 2.42. The number of amides is 1. The molecule has 10 heteroatoms. The van der Waals surface area contributed by atoms with E-state index in [0.29, 0.717) is 36.1 Å². The Labute approximate surface area is 230 Å². The zero-order valence-electron chi connectivity index (χ0n) is 23.5. The second-order valence-electron chi connectivity index (χ2n) is 12.0. The third-order valence-electron chi connectivity index (χ3n) is 8.83. The number of piperazine rings is 1. The van der Waals surface area contributed by atoms with Gasteiger partial charge in [0.1, 0.15) is 17.2 Å². The summed E-state index contributed by atoms with van der Waals surface area (Å²) in [6, 6.07) is 6.68. The van der Waals surface area contributed by atoms with Crippen LogP contribution in [0.25, 0.3) is 11.0 Å². The number of likely N-dealkylation sites (N-methyl/N-ethyl adjacent to an activating group) is 1. The first-order valence-electron chi connectivity index (χ1n) is 14.3. The number of carbonyl (C=O) groups is 1. The van der Waals surface area contributed by atoms with E-state index in [0.717, 1.165) is 49.2 Å². The Morgan fingerprint density at radius 2 is 1.85 bits per heavy atom. The van der Waals surface area contributed by atoms with Gasteiger partial charge in [-0.1, -0.05) is 19.3 Å². The van der Waals surface area contributed by atoms with E-state index >= 15 is 0 Å². The molecule has 2 aliphatic heterocycles. The summed E-state index contributed by atoms with van der Waals surface area (Å²) in [5.74, 6) is 1.21. The molecule has 10 nitrogen and oxygen atoms in total. The molecule has 1 spiro atoms. The fraction of sp³-hybridized carbons (Fsp3) is 0.586. The third-order valence-corrected chi connectivity index (χ3v) is 8.83. The number of nitrogens with zero attached hydrogens (tertiary/aromatic N) is 7. The van der Waals surface area contributed by atoms with Crippen LogP contribution < -0.4 is 10.2 Å². The van der Waals surface area contributed by atoms with Crippen LogP contribution in [0.5, 0.6) is 0 Å². The number of pyridine rings is 1. The molecule has 3 aromatic rings. The summed E-state index contributed by atoms with van der Waals surface area (Å²) in [6.07, 6.45) is 9.07. The van der Waals surface area contributed by atoms with E-state index in [1.165, 1.54) is 19.3 Å². The number of carbonyl (C=O) groups excluding carboxylic acids is 1. The van der Waals surface area contributed by atoms with Crippen LogP contribution in [-0.4, -0.2) is 91.7 Å². The molecule has 1 aliphatic carbocycles. The molecule has 3 aliphatic rings. The zero-order valence-corrected chi connectivity index (χ0v) is 23.5. The molecule has 2 N–H and O–H groups in total. The standard InChI is InChI=1S/C29H40N8O2/c1-19-15-35(16-20(2)36(19)17-21(3)38)23-8-9-25(30-14-23)32-28-31-13-22-12-24-27(39)34(4)18-29(10-6-5-7-11-29)37(24)26(22)33-28/h8-9,12-14,19-21,38H,5-7,10-11,15-18H2,1-4H3,(H,30,31,32,33)/t19-,20+,21-/m0/s1. The van der Waals surface area contributed by atoms with Crippen molar-refractivity contribution in [2.75, 3.05) is 43.4 Å². The summed E-state index contributed by atoms with van der Waals surface area (Å²) >= 11 is 0. The minimum Gasteiger partial charge on any atom is -0.392 e. The number of fused-ring (bicyclic) bond motifs is 4. The van der Waals surface area contributed by atoms with Crippen LogP contribution in [0.1, 0.15) is 63.4 Å². The van der Waals surface area contributed by atoms with E-state index < -0.39 is 0 Å². The van der Waals surface area contributed by atoms with Crippen LogP contribution in [0.3, 0.4) is 0 Å². The summed E-state index contributed by atoms with van der Waals surface area (Å²) in [4.78, 5) is 33.8. The van der Waals surface area contributed by atoms with Crippen molar-refractivity contribution in [1.82, 2.24) is 29.3 Å². The van der Waals surface area contributed by atoms with Crippen molar-refractivity contribution < 1.29 is 9.90 Å². The smallest absolute Gasteiger partial charge is 0.270 e. The van der Waals surface area contributed by atoms with Gasteiger partial charge in [0.25, 0.3) is 5.91 Å². The molecular weight excluding hydrogens is 492 g/mol. The summed E-state index contributed by atoms with van der Waals surface area (Å²) in [6.45, 7) is 9.47. The molecule has 208 valence electrons. The Bertz CT molecular complexity index is 1340. The highest BCUT2D eigenvalue weighted by atomic mass is 16.3. The molecule has 39 heavy (non-hydrogen) atoms. The van der Waals surface area contributed by atoms with Crippen molar-refractivity contribution in [3.8, 4) is 0 Å². The normalized spacial score (nSPS) is 24.3. The number of aliphatic hydroxyl groups is 1. The minimum absolute atomic E-state index is 0.0475. The SMILES string of the molecule is C[C@H](O)CN1[C@H](C)CN(c2ccc(Nc3ncc4cc5n(c4n3)C3(CCCCC3)CN(C)C5=O)nc2)C[C@@H]1C. The second-order valence-corrected chi connectivity index (χ2v) is 12.0. The average molecular weight is 533 g/mol. The van der Waals surface area contributed by atoms with Crippen molar-refractivity contribution >= 4 is 34.4 Å². The van der Waals surface area contributed by atoms with Gasteiger partial charge in [0.05, 0.1) is 23.5 Å². The number of nitrogens with one attached hydrogen (secondary N) is 1. The molecule has 1 amide bonds. The van der Waals surface area contributed by atoms with Crippen LogP contribution in [0.2, 0.25) is 0 Å². The number of β-amino-alcohol motifs (C(OH)–C–C–N with tert-alkyl or cyclic N) is 1. The average Bonchev–Trinajstić information content (AvgIpc) is 3.30. The quantitative estimate of drug-likeness (QED) is 0.514. The topological polar surface area (TPSA) is 103 Å². The molecule has 0 aromatic carbocycles. The highest BCUT2D eigenvalue weighted by molar-refractivity contribution is 5.99. The summed E-state index contributed by atoms with van der Waals surface area (Å²) < 4.78 is 2.22. The van der Waals surface area contributed by atoms with E-state index in [2.05, 4.69) is 49.6 Å². The van der Waals surface area contributed by atoms with Crippen molar-refractivity contribution in [3.05, 3.63) is 36.3 Å². The van der Waals surface area contributed by atoms with Crippen LogP contribution in [-0.2, 0) is 5.54 Å². The molecule has 0 bridgehead atoms. The first kappa shape index (κ1) is 26.0. The van der Waals surface area contributed by atoms with Gasteiger partial charge in [0.15, 0.2) is 0 Å². The number of hydrogen-bond acceptors (Lipinski definition) is 8. The molecule has 6 rings (SSSR count). The van der Waals surface area contributed by atoms with Gasteiger partial charge in [-0.25, -0.2) is 9.97 Å². The maximum atomic E-state index is 13.1. The lowest BCUT2D eigenvalue weighted by Gasteiger charge is -2.45. The Balaban J connectivity index is 1.23. The molecule has 0 radical (unpaired) electrons. The first-order valence-corrected chi connectivity index (χ1v) is 14.3. The van der Waals surface area contributed by atoms with Crippen molar-refractivity contribution in [2.24, 2.45) is 0 Å². The van der Waals surface area contributed by atoms with Crippen molar-refractivity contribution in [3.63, 3.8) is 0 Å². The van der Waals surface area contributed by atoms with Crippen molar-refractivity contribution in [1.29, 1.82) is 0 Å². The molecule has 1 saturated carbocycles. The Kier molecular flexibility index (Phi) is 6.71. The monoisotopic (exact) mass is 532 g/mol. The minimum atomic E-state index is -0.331. The van der Waals surface area contributed by atoms with E-state index in [9.17, 15) is 9.90 Å². The van der Waals surface area contributed by atoms with Gasteiger partial charge in [-0.15, -0.1) is 0 Å². The van der Waals surface area contributed by atoms with Crippen LogP contribution >= 0.6 is 0 Å². The number of hydrogen-bond donors (Lipinski definition) is 2. The van der Waals surface area contributed by atoms with Gasteiger partial charge < -0.3 is 24.8 Å². The predicted octanol–water partition coefficient (Wildman–Crippen LogP) is 3.59. The molecular formula is C29H40N8O2. The summed E-state index contributed by atoms with van der Waals surface area (Å²) in [5.41, 5.74) is 2.51. The van der Waals surface area contributed by atoms with Gasteiger partial charge in [-0.2, -0.15) is 4.98 Å². The van der Waals surface area contributed by atoms with Gasteiger partial charge in [0.2, 0.25) is 5.95 Å². The number of aliphatic hydroxyl groups excluding tert-OH is 1. The van der Waals surface area contributed by atoms with Crippen molar-refractivity contribution in [2.45, 2.75) is 76.6 Å². The number of rotatable bonds is 5. The second kappa shape index (κ2) is 10.1. The zero-order chi connectivity index (χ0) is 27.3. The maximum absolute atomic E-state index is 13.1. The van der Waals surface area contributed by atoms with Crippen LogP contribution in [0.15, 0.2) is 30.6 Å². The number of anilines is 3. The first-order chi connectivity index (χ1) is 18.7. The lowest BCUT2D eigenvalue weighted by atomic mass is 9.79. The van der Waals surface area contributed by atoms with E-state index in [4.69, 9.17) is 4.98 Å². The molecule has 2 fully saturated rings. The molecule has 1 saturated heterocycles. The summed E-state index contributed by atoms with van der Waals surface area (Å²) in [5, 5.41) is 14.0. The van der Waals surface area contributed by atoms with Gasteiger partial charge in [-0.3, -0.25) is 9.69 Å². The summed E-state index contributed by atoms with van der Waals surface area (Å²) in [7, 11) is 1.91. The molecule has 0 unspecified atom stereocenters. The third kappa shape index (κ3) is 4.74. The van der Waals surface area contributed by atoms with Crippen LogP contribution in [0, 0.1) is 0 Å². The fourth-order valence-electron chi connectivity index (χ4n) is 7.05. The van der Waals surface area contributed by atoms with Gasteiger partial charge >= 0.3 is 0 Å². The molecule has 3 atom stereocenters. The Morgan fingerprint density at radius 1 is 1.10 bits per heavy atom. The van der Waals surface area contributed by atoms with Crippen LogP contribution in [0.4, 0.5) is 17.5 Å². The fourth-order valence-corrected chi connectivity index (χ4v) is 7.05. The van der Waals surface area contributed by atoms with E-state index in [-0.39, 0.29) is 17.6 Å². The lowest BCUT2D eigenvalue weighted by molar-refractivity contribution is 0.0543. The highest BCUT2D eigenvalue weighted by Gasteiger charge is 2.43. The van der Waals surface area contributed by atoms with Gasteiger partial charge in [-0.05, 0) is 51.8 Å². The van der Waals surface area contributed by atoms with E-state index in [1.54, 1.807) is 0 Å².